The number of benzene rings is 1. The Bertz CT molecular complexity index is 622. The SMILES string of the molecule is C[C@@H](CCc1ccco1)NC(=O)N[C@@H]1CCc2ccccc21. The molecule has 1 aromatic heterocycles. The van der Waals surface area contributed by atoms with Crippen LogP contribution in [0.5, 0.6) is 0 Å². The summed E-state index contributed by atoms with van der Waals surface area (Å²) in [5.74, 6) is 0.957. The molecule has 1 heterocycles. The van der Waals surface area contributed by atoms with Crippen molar-refractivity contribution in [3.8, 4) is 0 Å². The van der Waals surface area contributed by atoms with Gasteiger partial charge in [0.15, 0.2) is 0 Å². The van der Waals surface area contributed by atoms with Crippen molar-refractivity contribution in [2.75, 3.05) is 0 Å². The van der Waals surface area contributed by atoms with Crippen molar-refractivity contribution in [3.63, 3.8) is 0 Å². The Hall–Kier alpha value is -2.23. The molecule has 0 bridgehead atoms. The molecule has 1 aliphatic carbocycles. The van der Waals surface area contributed by atoms with Gasteiger partial charge in [-0.25, -0.2) is 4.79 Å². The molecule has 2 aromatic rings. The first-order valence-corrected chi connectivity index (χ1v) is 7.89. The van der Waals surface area contributed by atoms with Crippen molar-refractivity contribution in [2.24, 2.45) is 0 Å². The van der Waals surface area contributed by atoms with Crippen LogP contribution in [0.15, 0.2) is 47.1 Å². The van der Waals surface area contributed by atoms with Crippen molar-refractivity contribution in [1.29, 1.82) is 0 Å². The molecule has 2 N–H and O–H groups in total. The molecule has 0 radical (unpaired) electrons. The third-order valence-corrected chi connectivity index (χ3v) is 4.22. The lowest BCUT2D eigenvalue weighted by molar-refractivity contribution is 0.233. The second-order valence-corrected chi connectivity index (χ2v) is 5.93. The number of urea groups is 1. The average Bonchev–Trinajstić information content (AvgIpc) is 3.15. The second-order valence-electron chi connectivity index (χ2n) is 5.93. The van der Waals surface area contributed by atoms with E-state index < -0.39 is 0 Å². The van der Waals surface area contributed by atoms with E-state index in [2.05, 4.69) is 28.8 Å². The summed E-state index contributed by atoms with van der Waals surface area (Å²) in [5.41, 5.74) is 2.60. The number of fused-ring (bicyclic) bond motifs is 1. The van der Waals surface area contributed by atoms with Crippen molar-refractivity contribution in [1.82, 2.24) is 10.6 Å². The van der Waals surface area contributed by atoms with Crippen LogP contribution >= 0.6 is 0 Å². The van der Waals surface area contributed by atoms with E-state index >= 15 is 0 Å². The highest BCUT2D eigenvalue weighted by molar-refractivity contribution is 5.75. The van der Waals surface area contributed by atoms with Gasteiger partial charge in [0, 0.05) is 12.5 Å². The van der Waals surface area contributed by atoms with Crippen LogP contribution in [0.1, 0.15) is 42.7 Å². The van der Waals surface area contributed by atoms with Crippen molar-refractivity contribution < 1.29 is 9.21 Å². The first kappa shape index (κ1) is 14.7. The fraction of sp³-hybridized carbons (Fsp3) is 0.389. The lowest BCUT2D eigenvalue weighted by Gasteiger charge is -2.18. The van der Waals surface area contributed by atoms with Crippen LogP contribution in [0.3, 0.4) is 0 Å². The summed E-state index contributed by atoms with van der Waals surface area (Å²) >= 11 is 0. The van der Waals surface area contributed by atoms with E-state index in [0.717, 1.165) is 31.4 Å². The van der Waals surface area contributed by atoms with E-state index in [-0.39, 0.29) is 18.1 Å². The molecule has 0 saturated heterocycles. The molecule has 0 saturated carbocycles. The van der Waals surface area contributed by atoms with Crippen molar-refractivity contribution >= 4 is 6.03 Å². The van der Waals surface area contributed by atoms with E-state index in [0.29, 0.717) is 0 Å². The van der Waals surface area contributed by atoms with Gasteiger partial charge in [-0.2, -0.15) is 0 Å². The third-order valence-electron chi connectivity index (χ3n) is 4.22. The Balaban J connectivity index is 1.46. The Kier molecular flexibility index (Phi) is 4.47. The molecule has 0 spiro atoms. The zero-order valence-corrected chi connectivity index (χ0v) is 12.8. The summed E-state index contributed by atoms with van der Waals surface area (Å²) in [4.78, 5) is 12.1. The fourth-order valence-electron chi connectivity index (χ4n) is 3.02. The molecular weight excluding hydrogens is 276 g/mol. The molecule has 0 unspecified atom stereocenters. The zero-order chi connectivity index (χ0) is 15.4. The molecule has 2 amide bonds. The minimum absolute atomic E-state index is 0.0892. The van der Waals surface area contributed by atoms with Crippen LogP contribution in [0.25, 0.3) is 0 Å². The van der Waals surface area contributed by atoms with E-state index in [1.54, 1.807) is 6.26 Å². The Morgan fingerprint density at radius 1 is 1.32 bits per heavy atom. The average molecular weight is 298 g/mol. The van der Waals surface area contributed by atoms with Crippen LogP contribution in [0, 0.1) is 0 Å². The number of hydrogen-bond acceptors (Lipinski definition) is 2. The van der Waals surface area contributed by atoms with E-state index in [1.807, 2.05) is 25.1 Å². The number of amides is 2. The van der Waals surface area contributed by atoms with Gasteiger partial charge in [-0.05, 0) is 49.4 Å². The molecular formula is C18H22N2O2. The standard InChI is InChI=1S/C18H22N2O2/c1-13(8-10-15-6-4-12-22-15)19-18(21)20-17-11-9-14-5-2-3-7-16(14)17/h2-7,12-13,17H,8-11H2,1H3,(H2,19,20,21)/t13-,17+/m0/s1. The summed E-state index contributed by atoms with van der Waals surface area (Å²) in [6.45, 7) is 2.02. The topological polar surface area (TPSA) is 54.3 Å². The maximum atomic E-state index is 12.1. The number of hydrogen-bond donors (Lipinski definition) is 2. The molecule has 1 aliphatic rings. The quantitative estimate of drug-likeness (QED) is 0.886. The smallest absolute Gasteiger partial charge is 0.315 e. The molecule has 3 rings (SSSR count). The van der Waals surface area contributed by atoms with Gasteiger partial charge in [0.2, 0.25) is 0 Å². The highest BCUT2D eigenvalue weighted by Gasteiger charge is 2.23. The van der Waals surface area contributed by atoms with Crippen LogP contribution in [0.2, 0.25) is 0 Å². The van der Waals surface area contributed by atoms with Gasteiger partial charge in [-0.15, -0.1) is 0 Å². The maximum absolute atomic E-state index is 12.1. The lowest BCUT2D eigenvalue weighted by Crippen LogP contribution is -2.42. The normalized spacial score (nSPS) is 17.8. The maximum Gasteiger partial charge on any atom is 0.315 e. The summed E-state index contributed by atoms with van der Waals surface area (Å²) in [6, 6.07) is 12.3. The second kappa shape index (κ2) is 6.69. The van der Waals surface area contributed by atoms with Crippen LogP contribution in [-0.4, -0.2) is 12.1 Å². The van der Waals surface area contributed by atoms with E-state index in [1.165, 1.54) is 11.1 Å². The number of rotatable bonds is 5. The molecule has 4 nitrogen and oxygen atoms in total. The first-order chi connectivity index (χ1) is 10.7. The van der Waals surface area contributed by atoms with Gasteiger partial charge in [-0.1, -0.05) is 24.3 Å². The predicted molar refractivity (Wildman–Crippen MR) is 85.7 cm³/mol. The number of aryl methyl sites for hydroxylation is 2. The fourth-order valence-corrected chi connectivity index (χ4v) is 3.02. The summed E-state index contributed by atoms with van der Waals surface area (Å²) < 4.78 is 5.31. The molecule has 116 valence electrons. The molecule has 4 heteroatoms. The summed E-state index contributed by atoms with van der Waals surface area (Å²) in [5, 5.41) is 6.09. The van der Waals surface area contributed by atoms with Crippen molar-refractivity contribution in [3.05, 3.63) is 59.5 Å². The van der Waals surface area contributed by atoms with Gasteiger partial charge in [0.25, 0.3) is 0 Å². The molecule has 22 heavy (non-hydrogen) atoms. The molecule has 0 aliphatic heterocycles. The monoisotopic (exact) mass is 298 g/mol. The third kappa shape index (κ3) is 3.50. The largest absolute Gasteiger partial charge is 0.469 e. The van der Waals surface area contributed by atoms with Crippen LogP contribution in [0.4, 0.5) is 4.79 Å². The summed E-state index contributed by atoms with van der Waals surface area (Å²) in [6.07, 6.45) is 5.39. The number of carbonyl (C=O) groups is 1. The highest BCUT2D eigenvalue weighted by atomic mass is 16.3. The minimum Gasteiger partial charge on any atom is -0.469 e. The molecule has 0 fully saturated rings. The Morgan fingerprint density at radius 2 is 2.18 bits per heavy atom. The van der Waals surface area contributed by atoms with Crippen LogP contribution < -0.4 is 10.6 Å². The molecule has 1 aromatic carbocycles. The highest BCUT2D eigenvalue weighted by Crippen LogP contribution is 2.30. The van der Waals surface area contributed by atoms with E-state index in [4.69, 9.17) is 4.42 Å². The van der Waals surface area contributed by atoms with E-state index in [9.17, 15) is 4.79 Å². The minimum atomic E-state index is -0.0892. The van der Waals surface area contributed by atoms with Gasteiger partial charge >= 0.3 is 6.03 Å². The van der Waals surface area contributed by atoms with Crippen LogP contribution in [-0.2, 0) is 12.8 Å². The number of furan rings is 1. The zero-order valence-electron chi connectivity index (χ0n) is 12.8. The van der Waals surface area contributed by atoms with Gasteiger partial charge in [0.1, 0.15) is 5.76 Å². The number of carbonyl (C=O) groups excluding carboxylic acids is 1. The van der Waals surface area contributed by atoms with Gasteiger partial charge in [-0.3, -0.25) is 0 Å². The lowest BCUT2D eigenvalue weighted by atomic mass is 10.1. The Labute approximate surface area is 130 Å². The van der Waals surface area contributed by atoms with Gasteiger partial charge < -0.3 is 15.1 Å². The Morgan fingerprint density at radius 3 is 3.00 bits per heavy atom. The van der Waals surface area contributed by atoms with Gasteiger partial charge in [0.05, 0.1) is 12.3 Å². The first-order valence-electron chi connectivity index (χ1n) is 7.89. The molecule has 2 atom stereocenters. The van der Waals surface area contributed by atoms with Crippen molar-refractivity contribution in [2.45, 2.75) is 44.7 Å². The number of nitrogens with one attached hydrogen (secondary N) is 2. The predicted octanol–water partition coefficient (Wildman–Crippen LogP) is 3.59. The summed E-state index contributed by atoms with van der Waals surface area (Å²) in [7, 11) is 0.